The van der Waals surface area contributed by atoms with E-state index in [-0.39, 0.29) is 5.91 Å². The van der Waals surface area contributed by atoms with Gasteiger partial charge in [0.2, 0.25) is 5.91 Å². The maximum atomic E-state index is 11.8. The first-order valence-electron chi connectivity index (χ1n) is 6.34. The summed E-state index contributed by atoms with van der Waals surface area (Å²) < 4.78 is 0. The van der Waals surface area contributed by atoms with Gasteiger partial charge in [0.15, 0.2) is 0 Å². The largest absolute Gasteiger partial charge is 0.389 e. The molecule has 0 spiro atoms. The highest BCUT2D eigenvalue weighted by atomic mass is 32.1. The Bertz CT molecular complexity index is 611. The fraction of sp³-hybridized carbons (Fsp3) is 0.125. The minimum absolute atomic E-state index is 0.00284. The van der Waals surface area contributed by atoms with Gasteiger partial charge < -0.3 is 11.1 Å². The SMILES string of the molecule is NC(=S)c1cccc(CNC(=O)Cc2ccccc2)c1. The topological polar surface area (TPSA) is 55.1 Å². The molecule has 0 atom stereocenters. The van der Waals surface area contributed by atoms with E-state index in [4.69, 9.17) is 18.0 Å². The molecule has 0 saturated heterocycles. The third-order valence-corrected chi connectivity index (χ3v) is 3.14. The van der Waals surface area contributed by atoms with Crippen LogP contribution in [0.2, 0.25) is 0 Å². The molecular weight excluding hydrogens is 268 g/mol. The first-order valence-corrected chi connectivity index (χ1v) is 6.75. The number of benzene rings is 2. The van der Waals surface area contributed by atoms with Crippen LogP contribution in [0.25, 0.3) is 0 Å². The van der Waals surface area contributed by atoms with Gasteiger partial charge in [-0.2, -0.15) is 0 Å². The molecule has 0 radical (unpaired) electrons. The van der Waals surface area contributed by atoms with Gasteiger partial charge in [-0.25, -0.2) is 0 Å². The molecule has 3 N–H and O–H groups in total. The molecule has 1 amide bonds. The number of nitrogens with one attached hydrogen (secondary N) is 1. The molecule has 0 aliphatic carbocycles. The Morgan fingerprint density at radius 3 is 2.45 bits per heavy atom. The predicted octanol–water partition coefficient (Wildman–Crippen LogP) is 2.18. The Morgan fingerprint density at radius 2 is 1.75 bits per heavy atom. The molecule has 3 nitrogen and oxygen atoms in total. The van der Waals surface area contributed by atoms with E-state index in [1.807, 2.05) is 54.6 Å². The molecule has 0 heterocycles. The zero-order chi connectivity index (χ0) is 14.4. The lowest BCUT2D eigenvalue weighted by Gasteiger charge is -2.07. The summed E-state index contributed by atoms with van der Waals surface area (Å²) in [6.07, 6.45) is 0.385. The molecule has 0 saturated carbocycles. The number of amides is 1. The van der Waals surface area contributed by atoms with Crippen molar-refractivity contribution in [3.05, 3.63) is 71.3 Å². The van der Waals surface area contributed by atoms with Crippen molar-refractivity contribution in [3.63, 3.8) is 0 Å². The number of hydrogen-bond donors (Lipinski definition) is 2. The van der Waals surface area contributed by atoms with Gasteiger partial charge in [0.25, 0.3) is 0 Å². The molecular formula is C16H16N2OS. The van der Waals surface area contributed by atoms with Crippen molar-refractivity contribution in [1.82, 2.24) is 5.32 Å². The Balaban J connectivity index is 1.90. The molecule has 0 fully saturated rings. The van der Waals surface area contributed by atoms with Gasteiger partial charge in [0.1, 0.15) is 4.99 Å². The lowest BCUT2D eigenvalue weighted by molar-refractivity contribution is -0.120. The van der Waals surface area contributed by atoms with E-state index in [1.165, 1.54) is 0 Å². The fourth-order valence-electron chi connectivity index (χ4n) is 1.88. The van der Waals surface area contributed by atoms with Crippen molar-refractivity contribution in [2.45, 2.75) is 13.0 Å². The first-order chi connectivity index (χ1) is 9.65. The Morgan fingerprint density at radius 1 is 1.05 bits per heavy atom. The standard InChI is InChI=1S/C16H16N2OS/c17-16(20)14-8-4-7-13(9-14)11-18-15(19)10-12-5-2-1-3-6-12/h1-9H,10-11H2,(H2,17,20)(H,18,19). The normalized spacial score (nSPS) is 10.0. The smallest absolute Gasteiger partial charge is 0.224 e. The zero-order valence-electron chi connectivity index (χ0n) is 11.0. The van der Waals surface area contributed by atoms with Crippen molar-refractivity contribution in [2.75, 3.05) is 0 Å². The number of carbonyl (C=O) groups is 1. The van der Waals surface area contributed by atoms with E-state index in [9.17, 15) is 4.79 Å². The third-order valence-electron chi connectivity index (χ3n) is 2.91. The molecule has 102 valence electrons. The van der Waals surface area contributed by atoms with Gasteiger partial charge in [-0.1, -0.05) is 60.7 Å². The lowest BCUT2D eigenvalue weighted by atomic mass is 10.1. The van der Waals surface area contributed by atoms with Crippen molar-refractivity contribution in [2.24, 2.45) is 5.73 Å². The van der Waals surface area contributed by atoms with Crippen LogP contribution in [0.15, 0.2) is 54.6 Å². The van der Waals surface area contributed by atoms with Gasteiger partial charge in [-0.15, -0.1) is 0 Å². The van der Waals surface area contributed by atoms with Crippen LogP contribution in [0.1, 0.15) is 16.7 Å². The number of rotatable bonds is 5. The van der Waals surface area contributed by atoms with Crippen LogP contribution in [0, 0.1) is 0 Å². The molecule has 0 aliphatic heterocycles. The Hall–Kier alpha value is -2.20. The van der Waals surface area contributed by atoms with Crippen LogP contribution in [-0.4, -0.2) is 10.9 Å². The van der Waals surface area contributed by atoms with Crippen molar-refractivity contribution in [3.8, 4) is 0 Å². The Labute approximate surface area is 123 Å². The number of hydrogen-bond acceptors (Lipinski definition) is 2. The lowest BCUT2D eigenvalue weighted by Crippen LogP contribution is -2.24. The average molecular weight is 284 g/mol. The van der Waals surface area contributed by atoms with Crippen LogP contribution in [0.4, 0.5) is 0 Å². The van der Waals surface area contributed by atoms with E-state index in [0.717, 1.165) is 16.7 Å². The van der Waals surface area contributed by atoms with Gasteiger partial charge in [0.05, 0.1) is 6.42 Å². The van der Waals surface area contributed by atoms with Gasteiger partial charge in [-0.3, -0.25) is 4.79 Å². The molecule has 2 aromatic carbocycles. The highest BCUT2D eigenvalue weighted by molar-refractivity contribution is 7.80. The van der Waals surface area contributed by atoms with Crippen molar-refractivity contribution < 1.29 is 4.79 Å². The number of nitrogens with two attached hydrogens (primary N) is 1. The van der Waals surface area contributed by atoms with E-state index in [0.29, 0.717) is 18.0 Å². The monoisotopic (exact) mass is 284 g/mol. The van der Waals surface area contributed by atoms with E-state index in [2.05, 4.69) is 5.32 Å². The number of carbonyl (C=O) groups excluding carboxylic acids is 1. The van der Waals surface area contributed by atoms with Crippen LogP contribution in [0.3, 0.4) is 0 Å². The molecule has 0 bridgehead atoms. The summed E-state index contributed by atoms with van der Waals surface area (Å²) in [4.78, 5) is 12.2. The molecule has 2 aromatic rings. The number of thiocarbonyl (C=S) groups is 1. The van der Waals surface area contributed by atoms with Crippen molar-refractivity contribution >= 4 is 23.1 Å². The highest BCUT2D eigenvalue weighted by Gasteiger charge is 2.04. The maximum Gasteiger partial charge on any atom is 0.224 e. The van der Waals surface area contributed by atoms with Crippen LogP contribution < -0.4 is 11.1 Å². The fourth-order valence-corrected chi connectivity index (χ4v) is 2.01. The molecule has 2 rings (SSSR count). The van der Waals surface area contributed by atoms with Crippen LogP contribution >= 0.6 is 12.2 Å². The summed E-state index contributed by atoms with van der Waals surface area (Å²) in [5, 5.41) is 2.89. The highest BCUT2D eigenvalue weighted by Crippen LogP contribution is 2.05. The zero-order valence-corrected chi connectivity index (χ0v) is 11.8. The quantitative estimate of drug-likeness (QED) is 0.827. The molecule has 0 unspecified atom stereocenters. The second-order valence-corrected chi connectivity index (χ2v) is 4.94. The summed E-state index contributed by atoms with van der Waals surface area (Å²) in [6.45, 7) is 0.474. The minimum atomic E-state index is -0.00284. The maximum absolute atomic E-state index is 11.8. The molecule has 0 aliphatic rings. The first kappa shape index (κ1) is 14.2. The summed E-state index contributed by atoms with van der Waals surface area (Å²) in [5.74, 6) is -0.00284. The van der Waals surface area contributed by atoms with Crippen LogP contribution in [-0.2, 0) is 17.8 Å². The summed E-state index contributed by atoms with van der Waals surface area (Å²) in [6, 6.07) is 17.2. The molecule has 20 heavy (non-hydrogen) atoms. The van der Waals surface area contributed by atoms with E-state index >= 15 is 0 Å². The van der Waals surface area contributed by atoms with E-state index in [1.54, 1.807) is 0 Å². The summed E-state index contributed by atoms with van der Waals surface area (Å²) in [5.41, 5.74) is 8.38. The van der Waals surface area contributed by atoms with Gasteiger partial charge in [-0.05, 0) is 17.2 Å². The second-order valence-electron chi connectivity index (χ2n) is 4.50. The van der Waals surface area contributed by atoms with Crippen LogP contribution in [0.5, 0.6) is 0 Å². The summed E-state index contributed by atoms with van der Waals surface area (Å²) in [7, 11) is 0. The minimum Gasteiger partial charge on any atom is -0.389 e. The Kier molecular flexibility index (Phi) is 4.85. The predicted molar refractivity (Wildman–Crippen MR) is 84.3 cm³/mol. The third kappa shape index (κ3) is 4.17. The van der Waals surface area contributed by atoms with E-state index < -0.39 is 0 Å². The van der Waals surface area contributed by atoms with Gasteiger partial charge in [0, 0.05) is 12.1 Å². The van der Waals surface area contributed by atoms with Crippen molar-refractivity contribution in [1.29, 1.82) is 0 Å². The summed E-state index contributed by atoms with van der Waals surface area (Å²) >= 11 is 4.93. The average Bonchev–Trinajstić information content (AvgIpc) is 2.46. The van der Waals surface area contributed by atoms with Gasteiger partial charge >= 0.3 is 0 Å². The molecule has 0 aromatic heterocycles. The second kappa shape index (κ2) is 6.82. The molecule has 4 heteroatoms.